The van der Waals surface area contributed by atoms with Crippen molar-refractivity contribution in [3.63, 3.8) is 0 Å². The number of rotatable bonds is 5. The van der Waals surface area contributed by atoms with Crippen LogP contribution in [0, 0.1) is 0 Å². The number of aromatic nitrogens is 1. The van der Waals surface area contributed by atoms with Crippen molar-refractivity contribution in [2.24, 2.45) is 5.73 Å². The van der Waals surface area contributed by atoms with Gasteiger partial charge < -0.3 is 15.9 Å². The summed E-state index contributed by atoms with van der Waals surface area (Å²) >= 11 is 0. The third-order valence-electron chi connectivity index (χ3n) is 3.63. The Hall–Kier alpha value is -2.99. The van der Waals surface area contributed by atoms with Gasteiger partial charge >= 0.3 is 11.9 Å². The molecule has 0 fully saturated rings. The van der Waals surface area contributed by atoms with E-state index in [0.717, 1.165) is 11.3 Å². The fraction of sp³-hybridized carbons (Fsp3) is 0.211. The lowest BCUT2D eigenvalue weighted by Crippen LogP contribution is -2.33. The highest BCUT2D eigenvalue weighted by atomic mass is 16.4. The first kappa shape index (κ1) is 20.1. The number of carboxylic acid groups (broad SMARTS) is 2. The molecular weight excluding hydrogens is 320 g/mol. The summed E-state index contributed by atoms with van der Waals surface area (Å²) in [6.07, 6.45) is 2.93. The smallest absolute Gasteiger partial charge is 0.328 e. The third-order valence-corrected chi connectivity index (χ3v) is 3.63. The molecule has 2 aromatic rings. The Labute approximate surface area is 146 Å². The van der Waals surface area contributed by atoms with Crippen LogP contribution < -0.4 is 5.73 Å². The monoisotopic (exact) mass is 342 g/mol. The molecule has 0 saturated carbocycles. The Kier molecular flexibility index (Phi) is 7.49. The van der Waals surface area contributed by atoms with Crippen molar-refractivity contribution in [3.8, 4) is 0 Å². The normalized spacial score (nSPS) is 12.1. The van der Waals surface area contributed by atoms with Crippen LogP contribution in [0.2, 0.25) is 0 Å². The molecule has 0 unspecified atom stereocenters. The second-order valence-electron chi connectivity index (χ2n) is 5.83. The minimum atomic E-state index is -1.26. The molecule has 0 amide bonds. The number of hydrogen-bond acceptors (Lipinski definition) is 4. The molecule has 0 aliphatic carbocycles. The highest BCUT2D eigenvalue weighted by Gasteiger charge is 2.30. The molecule has 0 aliphatic heterocycles. The number of nitrogens with zero attached hydrogens (tertiary/aromatic N) is 1. The minimum Gasteiger partial charge on any atom is -0.478 e. The summed E-state index contributed by atoms with van der Waals surface area (Å²) in [5.74, 6) is -2.51. The van der Waals surface area contributed by atoms with Crippen LogP contribution in [0.3, 0.4) is 0 Å². The van der Waals surface area contributed by atoms with Gasteiger partial charge in [-0.05, 0) is 17.7 Å². The van der Waals surface area contributed by atoms with Gasteiger partial charge in [0.1, 0.15) is 0 Å². The van der Waals surface area contributed by atoms with Crippen LogP contribution >= 0.6 is 0 Å². The van der Waals surface area contributed by atoms with Crippen molar-refractivity contribution < 1.29 is 19.8 Å². The van der Waals surface area contributed by atoms with E-state index in [9.17, 15) is 9.59 Å². The molecular formula is C19H22N2O4. The average Bonchev–Trinajstić information content (AvgIpc) is 2.61. The molecule has 1 heterocycles. The predicted molar refractivity (Wildman–Crippen MR) is 95.0 cm³/mol. The van der Waals surface area contributed by atoms with E-state index in [0.29, 0.717) is 12.2 Å². The maximum atomic E-state index is 9.55. The highest BCUT2D eigenvalue weighted by Crippen LogP contribution is 2.33. The molecule has 0 spiro atoms. The van der Waals surface area contributed by atoms with E-state index in [1.807, 2.05) is 42.6 Å². The van der Waals surface area contributed by atoms with Gasteiger partial charge in [0.25, 0.3) is 0 Å². The summed E-state index contributed by atoms with van der Waals surface area (Å²) in [5.41, 5.74) is 8.35. The summed E-state index contributed by atoms with van der Waals surface area (Å²) < 4.78 is 0. The van der Waals surface area contributed by atoms with Crippen molar-refractivity contribution in [3.05, 3.63) is 78.1 Å². The fourth-order valence-corrected chi connectivity index (χ4v) is 2.12. The summed E-state index contributed by atoms with van der Waals surface area (Å²) in [4.78, 5) is 23.5. The van der Waals surface area contributed by atoms with Crippen molar-refractivity contribution in [2.45, 2.75) is 25.3 Å². The highest BCUT2D eigenvalue weighted by molar-refractivity contribution is 5.89. The molecule has 25 heavy (non-hydrogen) atoms. The Morgan fingerprint density at radius 2 is 1.52 bits per heavy atom. The van der Waals surface area contributed by atoms with Crippen LogP contribution in [0.1, 0.15) is 31.1 Å². The molecule has 2 rings (SSSR count). The molecule has 0 saturated heterocycles. The molecule has 0 bridgehead atoms. The number of carboxylic acids is 2. The van der Waals surface area contributed by atoms with E-state index in [1.54, 1.807) is 0 Å². The molecule has 0 aliphatic rings. The first-order valence-electron chi connectivity index (χ1n) is 7.61. The number of carbonyl (C=O) groups is 2. The first-order valence-corrected chi connectivity index (χ1v) is 7.61. The van der Waals surface area contributed by atoms with Crippen LogP contribution in [-0.4, -0.2) is 27.1 Å². The number of pyridine rings is 1. The summed E-state index contributed by atoms with van der Waals surface area (Å²) in [7, 11) is 0. The van der Waals surface area contributed by atoms with Crippen LogP contribution in [0.25, 0.3) is 0 Å². The Balaban J connectivity index is 0.000000333. The van der Waals surface area contributed by atoms with Gasteiger partial charge in [-0.3, -0.25) is 4.98 Å². The van der Waals surface area contributed by atoms with E-state index in [4.69, 9.17) is 15.9 Å². The zero-order valence-corrected chi connectivity index (χ0v) is 14.2. The van der Waals surface area contributed by atoms with Crippen LogP contribution in [0.15, 0.2) is 66.9 Å². The predicted octanol–water partition coefficient (Wildman–Crippen LogP) is 2.77. The molecule has 0 radical (unpaired) electrons. The average molecular weight is 342 g/mol. The van der Waals surface area contributed by atoms with Gasteiger partial charge in [0, 0.05) is 35.5 Å². The standard InChI is InChI=1S/C15H18N2.C4H4O4/c1-15(2,13-10-6-7-11-17-13)14(16)12-8-4-3-5-9-12;5-3(6)1-2-4(7)8/h3-11,14H,16H2,1-2H3;1-2H,(H,5,6)(H,7,8)/b;2-1+/t14-;/m1./s1. The van der Waals surface area contributed by atoms with Gasteiger partial charge in [-0.25, -0.2) is 9.59 Å². The Morgan fingerprint density at radius 1 is 1.00 bits per heavy atom. The molecule has 1 aromatic heterocycles. The van der Waals surface area contributed by atoms with Gasteiger partial charge in [-0.2, -0.15) is 0 Å². The summed E-state index contributed by atoms with van der Waals surface area (Å²) in [6, 6.07) is 16.1. The second kappa shape index (κ2) is 9.34. The third kappa shape index (κ3) is 6.56. The van der Waals surface area contributed by atoms with Crippen molar-refractivity contribution in [1.29, 1.82) is 0 Å². The SMILES string of the molecule is CC(C)(c1ccccn1)[C@H](N)c1ccccc1.O=C(O)/C=C/C(=O)O. The zero-order chi connectivity index (χ0) is 18.9. The lowest BCUT2D eigenvalue weighted by Gasteiger charge is -2.31. The fourth-order valence-electron chi connectivity index (χ4n) is 2.12. The summed E-state index contributed by atoms with van der Waals surface area (Å²) in [6.45, 7) is 4.26. The second-order valence-corrected chi connectivity index (χ2v) is 5.83. The number of benzene rings is 1. The lowest BCUT2D eigenvalue weighted by atomic mass is 9.78. The van der Waals surface area contributed by atoms with Crippen LogP contribution in [-0.2, 0) is 15.0 Å². The van der Waals surface area contributed by atoms with Crippen LogP contribution in [0.5, 0.6) is 0 Å². The number of nitrogens with two attached hydrogens (primary N) is 1. The van der Waals surface area contributed by atoms with Gasteiger partial charge in [0.15, 0.2) is 0 Å². The van der Waals surface area contributed by atoms with Crippen LogP contribution in [0.4, 0.5) is 0 Å². The largest absolute Gasteiger partial charge is 0.478 e. The topological polar surface area (TPSA) is 114 Å². The van der Waals surface area contributed by atoms with Crippen molar-refractivity contribution in [2.75, 3.05) is 0 Å². The first-order chi connectivity index (χ1) is 11.7. The maximum Gasteiger partial charge on any atom is 0.328 e. The van der Waals surface area contributed by atoms with Gasteiger partial charge in [-0.15, -0.1) is 0 Å². The lowest BCUT2D eigenvalue weighted by molar-refractivity contribution is -0.134. The Bertz CT molecular complexity index is 697. The molecule has 132 valence electrons. The number of hydrogen-bond donors (Lipinski definition) is 3. The molecule has 6 nitrogen and oxygen atoms in total. The summed E-state index contributed by atoms with van der Waals surface area (Å²) in [5, 5.41) is 15.6. The van der Waals surface area contributed by atoms with Crippen molar-refractivity contribution >= 4 is 11.9 Å². The van der Waals surface area contributed by atoms with E-state index >= 15 is 0 Å². The quantitative estimate of drug-likeness (QED) is 0.720. The van der Waals surface area contributed by atoms with E-state index in [-0.39, 0.29) is 11.5 Å². The van der Waals surface area contributed by atoms with Gasteiger partial charge in [-0.1, -0.05) is 50.2 Å². The Morgan fingerprint density at radius 3 is 1.96 bits per heavy atom. The van der Waals surface area contributed by atoms with E-state index in [1.165, 1.54) is 0 Å². The minimum absolute atomic E-state index is 0.0569. The molecule has 6 heteroatoms. The van der Waals surface area contributed by atoms with Gasteiger partial charge in [0.2, 0.25) is 0 Å². The van der Waals surface area contributed by atoms with E-state index in [2.05, 4.69) is 31.0 Å². The van der Waals surface area contributed by atoms with Gasteiger partial charge in [0.05, 0.1) is 0 Å². The molecule has 1 aromatic carbocycles. The maximum absolute atomic E-state index is 9.55. The molecule has 4 N–H and O–H groups in total. The zero-order valence-electron chi connectivity index (χ0n) is 14.2. The number of aliphatic carboxylic acids is 2. The molecule has 1 atom stereocenters. The van der Waals surface area contributed by atoms with Crippen molar-refractivity contribution in [1.82, 2.24) is 4.98 Å². The van der Waals surface area contributed by atoms with E-state index < -0.39 is 11.9 Å².